The van der Waals surface area contributed by atoms with E-state index in [0.717, 1.165) is 0 Å². The number of hydrogen-bond acceptors (Lipinski definition) is 9. The highest BCUT2D eigenvalue weighted by atomic mass is 31.2. The zero-order valence-corrected chi connectivity index (χ0v) is 18.9. The molecule has 0 aliphatic heterocycles. The number of para-hydroxylation sites is 1. The number of aromatic amines is 1. The van der Waals surface area contributed by atoms with Crippen LogP contribution in [0.4, 0.5) is 5.95 Å². The summed E-state index contributed by atoms with van der Waals surface area (Å²) >= 11 is 0. The quantitative estimate of drug-likeness (QED) is 0.256. The fourth-order valence-corrected chi connectivity index (χ4v) is 4.85. The first-order valence-corrected chi connectivity index (χ1v) is 11.7. The molecule has 1 aliphatic rings. The molecule has 1 aliphatic carbocycles. The maximum atomic E-state index is 13.4. The second kappa shape index (κ2) is 9.03. The molecule has 1 saturated carbocycles. The summed E-state index contributed by atoms with van der Waals surface area (Å²) in [5.74, 6) is -1.08. The number of carboxylic acid groups (broad SMARTS) is 1. The van der Waals surface area contributed by atoms with Gasteiger partial charge in [-0.1, -0.05) is 18.2 Å². The zero-order chi connectivity index (χ0) is 24.5. The number of nitrogens with one attached hydrogen (secondary N) is 2. The Labute approximate surface area is 192 Å². The zero-order valence-electron chi connectivity index (χ0n) is 18.0. The molecule has 34 heavy (non-hydrogen) atoms. The van der Waals surface area contributed by atoms with E-state index in [1.165, 1.54) is 17.8 Å². The summed E-state index contributed by atoms with van der Waals surface area (Å²) in [6.45, 7) is 0.754. The summed E-state index contributed by atoms with van der Waals surface area (Å²) < 4.78 is 25.9. The SMILES string of the molecule is C[C@H](NP(=O)(OC[C@@]1(CO)C/C1=C/n1cnc2c(=O)[nH]c(N)nc21)Oc1ccccc1)C(=O)O. The normalized spacial score (nSPS) is 21.3. The fourth-order valence-electron chi connectivity index (χ4n) is 3.27. The van der Waals surface area contributed by atoms with Crippen molar-refractivity contribution in [3.63, 3.8) is 0 Å². The van der Waals surface area contributed by atoms with Crippen molar-refractivity contribution >= 4 is 37.0 Å². The molecule has 0 bridgehead atoms. The maximum Gasteiger partial charge on any atom is 0.459 e. The largest absolute Gasteiger partial charge is 0.480 e. The highest BCUT2D eigenvalue weighted by Gasteiger charge is 2.51. The molecule has 1 fully saturated rings. The van der Waals surface area contributed by atoms with Gasteiger partial charge in [0, 0.05) is 11.6 Å². The molecule has 6 N–H and O–H groups in total. The topological polar surface area (TPSA) is 195 Å². The molecule has 0 radical (unpaired) electrons. The van der Waals surface area contributed by atoms with Gasteiger partial charge in [-0.2, -0.15) is 10.1 Å². The molecular weight excluding hydrogens is 467 g/mol. The van der Waals surface area contributed by atoms with Crippen molar-refractivity contribution < 1.29 is 28.6 Å². The van der Waals surface area contributed by atoms with E-state index < -0.39 is 30.7 Å². The van der Waals surface area contributed by atoms with Crippen molar-refractivity contribution in [2.24, 2.45) is 5.41 Å². The summed E-state index contributed by atoms with van der Waals surface area (Å²) in [6, 6.07) is 6.96. The van der Waals surface area contributed by atoms with Gasteiger partial charge in [-0.3, -0.25) is 23.7 Å². The van der Waals surface area contributed by atoms with Gasteiger partial charge in [0.25, 0.3) is 5.56 Å². The first-order valence-electron chi connectivity index (χ1n) is 10.2. The Morgan fingerprint density at radius 2 is 2.18 bits per heavy atom. The lowest BCUT2D eigenvalue weighted by atomic mass is 10.1. The maximum absolute atomic E-state index is 13.4. The lowest BCUT2D eigenvalue weighted by molar-refractivity contribution is -0.138. The van der Waals surface area contributed by atoms with Gasteiger partial charge in [0.1, 0.15) is 18.1 Å². The minimum absolute atomic E-state index is 0.0668. The summed E-state index contributed by atoms with van der Waals surface area (Å²) in [7, 11) is -4.13. The molecule has 0 saturated heterocycles. The number of hydrogen-bond donors (Lipinski definition) is 5. The number of nitrogens with zero attached hydrogens (tertiary/aromatic N) is 3. The summed E-state index contributed by atoms with van der Waals surface area (Å²) in [4.78, 5) is 33.7. The van der Waals surface area contributed by atoms with Crippen LogP contribution in [0.2, 0.25) is 0 Å². The van der Waals surface area contributed by atoms with Crippen molar-refractivity contribution in [1.82, 2.24) is 24.6 Å². The molecular formula is C20H23N6O7P. The molecule has 13 nitrogen and oxygen atoms in total. The molecule has 4 rings (SSSR count). The van der Waals surface area contributed by atoms with E-state index in [4.69, 9.17) is 14.8 Å². The van der Waals surface area contributed by atoms with Crippen LogP contribution in [0, 0.1) is 5.41 Å². The van der Waals surface area contributed by atoms with Crippen LogP contribution in [0.5, 0.6) is 5.75 Å². The fraction of sp³-hybridized carbons (Fsp3) is 0.300. The third-order valence-electron chi connectivity index (χ3n) is 5.34. The van der Waals surface area contributed by atoms with Crippen LogP contribution in [0.3, 0.4) is 0 Å². The molecule has 2 aromatic heterocycles. The second-order valence-electron chi connectivity index (χ2n) is 7.91. The number of fused-ring (bicyclic) bond motifs is 1. The highest BCUT2D eigenvalue weighted by molar-refractivity contribution is 7.52. The monoisotopic (exact) mass is 490 g/mol. The predicted octanol–water partition coefficient (Wildman–Crippen LogP) is 1.19. The Kier molecular flexibility index (Phi) is 6.28. The van der Waals surface area contributed by atoms with E-state index in [-0.39, 0.29) is 36.1 Å². The number of aliphatic hydroxyl groups excluding tert-OH is 1. The summed E-state index contributed by atoms with van der Waals surface area (Å²) in [6.07, 6.45) is 3.42. The number of nitrogen functional groups attached to an aromatic ring is 1. The van der Waals surface area contributed by atoms with E-state index in [9.17, 15) is 24.4 Å². The lowest BCUT2D eigenvalue weighted by Gasteiger charge is -2.23. The molecule has 0 spiro atoms. The van der Waals surface area contributed by atoms with Crippen molar-refractivity contribution in [1.29, 1.82) is 0 Å². The summed E-state index contributed by atoms with van der Waals surface area (Å²) in [5, 5.41) is 21.6. The van der Waals surface area contributed by atoms with Gasteiger partial charge < -0.3 is 20.5 Å². The number of nitrogens with two attached hydrogens (primary N) is 1. The average molecular weight is 490 g/mol. The molecule has 3 atom stereocenters. The molecule has 3 aromatic rings. The van der Waals surface area contributed by atoms with Crippen LogP contribution < -0.4 is 20.9 Å². The van der Waals surface area contributed by atoms with Crippen molar-refractivity contribution in [2.75, 3.05) is 18.9 Å². The standard InChI is InChI=1S/C20H23N6O7P/c1-12(18(29)30)25-34(31,33-14-5-3-2-4-6-14)32-10-20(9-27)7-13(20)8-26-11-22-15-16(26)23-19(21)24-17(15)28/h2-6,8,11-12,27H,7,9-10H2,1H3,(H,25,31)(H,29,30)(H3,21,23,24,28)/b13-8-/t12-,20-,34?/m0/s1. The Balaban J connectivity index is 1.55. The first-order chi connectivity index (χ1) is 16.1. The van der Waals surface area contributed by atoms with Crippen LogP contribution in [-0.2, 0) is 13.9 Å². The van der Waals surface area contributed by atoms with Crippen LogP contribution >= 0.6 is 7.75 Å². The van der Waals surface area contributed by atoms with Gasteiger partial charge in [-0.05, 0) is 31.1 Å². The lowest BCUT2D eigenvalue weighted by Crippen LogP contribution is -2.34. The minimum atomic E-state index is -4.13. The average Bonchev–Trinajstić information content (AvgIpc) is 3.34. The van der Waals surface area contributed by atoms with Crippen molar-refractivity contribution in [3.05, 3.63) is 52.6 Å². The Hall–Kier alpha value is -3.51. The second-order valence-corrected chi connectivity index (χ2v) is 9.60. The van der Waals surface area contributed by atoms with Crippen LogP contribution in [0.15, 0.2) is 47.0 Å². The number of aromatic nitrogens is 4. The van der Waals surface area contributed by atoms with Gasteiger partial charge >= 0.3 is 13.7 Å². The third kappa shape index (κ3) is 4.87. The van der Waals surface area contributed by atoms with E-state index in [1.54, 1.807) is 36.5 Å². The number of imidazole rings is 1. The van der Waals surface area contributed by atoms with Gasteiger partial charge in [0.2, 0.25) is 5.95 Å². The van der Waals surface area contributed by atoms with Gasteiger partial charge in [-0.25, -0.2) is 9.55 Å². The van der Waals surface area contributed by atoms with E-state index in [1.807, 2.05) is 0 Å². The molecule has 1 aromatic carbocycles. The number of anilines is 1. The number of aliphatic hydroxyl groups is 1. The smallest absolute Gasteiger partial charge is 0.459 e. The number of benzene rings is 1. The van der Waals surface area contributed by atoms with Gasteiger partial charge in [-0.15, -0.1) is 0 Å². The van der Waals surface area contributed by atoms with Crippen LogP contribution in [0.1, 0.15) is 13.3 Å². The molecule has 180 valence electrons. The van der Waals surface area contributed by atoms with Crippen molar-refractivity contribution in [2.45, 2.75) is 19.4 Å². The Morgan fingerprint density at radius 3 is 2.85 bits per heavy atom. The summed E-state index contributed by atoms with van der Waals surface area (Å²) in [5.41, 5.74) is 5.31. The Morgan fingerprint density at radius 1 is 1.44 bits per heavy atom. The number of carboxylic acids is 1. The van der Waals surface area contributed by atoms with Crippen LogP contribution in [-0.4, -0.2) is 55.0 Å². The Bertz CT molecular complexity index is 1350. The molecule has 2 heterocycles. The van der Waals surface area contributed by atoms with E-state index >= 15 is 0 Å². The van der Waals surface area contributed by atoms with E-state index in [2.05, 4.69) is 20.0 Å². The van der Waals surface area contributed by atoms with Crippen LogP contribution in [0.25, 0.3) is 17.4 Å². The molecule has 0 amide bonds. The number of rotatable bonds is 10. The highest BCUT2D eigenvalue weighted by Crippen LogP contribution is 2.56. The minimum Gasteiger partial charge on any atom is -0.480 e. The molecule has 1 unspecified atom stereocenters. The predicted molar refractivity (Wildman–Crippen MR) is 122 cm³/mol. The van der Waals surface area contributed by atoms with Gasteiger partial charge in [0.05, 0.1) is 13.2 Å². The third-order valence-corrected chi connectivity index (χ3v) is 6.96. The number of aliphatic carboxylic acids is 1. The van der Waals surface area contributed by atoms with E-state index in [0.29, 0.717) is 12.0 Å². The van der Waals surface area contributed by atoms with Gasteiger partial charge in [0.15, 0.2) is 11.2 Å². The van der Waals surface area contributed by atoms with Crippen molar-refractivity contribution in [3.8, 4) is 5.75 Å². The number of carbonyl (C=O) groups is 1. The number of H-pyrrole nitrogens is 1. The first kappa shape index (κ1) is 23.6. The molecule has 14 heteroatoms.